The molecule has 7 nitrogen and oxygen atoms in total. The minimum absolute atomic E-state index is 0.0347. The van der Waals surface area contributed by atoms with Crippen molar-refractivity contribution < 1.29 is 14.7 Å². The van der Waals surface area contributed by atoms with Crippen LogP contribution in [0.4, 0.5) is 16.3 Å². The first-order valence-electron chi connectivity index (χ1n) is 9.43. The van der Waals surface area contributed by atoms with Crippen molar-refractivity contribution in [3.63, 3.8) is 0 Å². The number of fused-ring (bicyclic) bond motifs is 1. The van der Waals surface area contributed by atoms with Crippen molar-refractivity contribution in [2.24, 2.45) is 0 Å². The molecular weight excluding hydrogens is 356 g/mol. The number of pyridine rings is 1. The maximum absolute atomic E-state index is 12.6. The van der Waals surface area contributed by atoms with Crippen molar-refractivity contribution in [3.05, 3.63) is 42.1 Å². The maximum atomic E-state index is 12.6. The van der Waals surface area contributed by atoms with Crippen molar-refractivity contribution in [3.8, 4) is 11.1 Å². The molecule has 0 saturated heterocycles. The summed E-state index contributed by atoms with van der Waals surface area (Å²) in [5, 5.41) is 9.72. The van der Waals surface area contributed by atoms with E-state index in [9.17, 15) is 14.7 Å². The summed E-state index contributed by atoms with van der Waals surface area (Å²) in [6, 6.07) is 9.17. The molecule has 3 rings (SSSR count). The first kappa shape index (κ1) is 19.8. The van der Waals surface area contributed by atoms with Crippen LogP contribution in [0.15, 0.2) is 36.5 Å². The molecule has 0 bridgehead atoms. The second kappa shape index (κ2) is 7.24. The Morgan fingerprint density at radius 1 is 1.29 bits per heavy atom. The van der Waals surface area contributed by atoms with Gasteiger partial charge in [0.15, 0.2) is 0 Å². The highest BCUT2D eigenvalue weighted by Crippen LogP contribution is 2.45. The van der Waals surface area contributed by atoms with Gasteiger partial charge in [0.25, 0.3) is 0 Å². The van der Waals surface area contributed by atoms with E-state index < -0.39 is 6.09 Å². The van der Waals surface area contributed by atoms with Crippen LogP contribution in [0.3, 0.4) is 0 Å². The third-order valence-corrected chi connectivity index (χ3v) is 6.07. The average molecular weight is 383 g/mol. The number of rotatable bonds is 3. The number of nitrogen functional groups attached to an aromatic ring is 1. The molecule has 0 saturated carbocycles. The molecule has 28 heavy (non-hydrogen) atoms. The molecule has 3 atom stereocenters. The van der Waals surface area contributed by atoms with Gasteiger partial charge in [0.1, 0.15) is 11.5 Å². The van der Waals surface area contributed by atoms with Gasteiger partial charge < -0.3 is 15.7 Å². The van der Waals surface area contributed by atoms with Gasteiger partial charge in [-0.1, -0.05) is 0 Å². The minimum Gasteiger partial charge on any atom is -0.465 e. The number of carbonyl (C=O) groups is 2. The number of quaternary nitrogens is 1. The highest BCUT2D eigenvalue weighted by Gasteiger charge is 2.47. The second-order valence-corrected chi connectivity index (χ2v) is 7.51. The Kier molecular flexibility index (Phi) is 5.12. The summed E-state index contributed by atoms with van der Waals surface area (Å²) in [7, 11) is 1.91. The number of anilines is 1. The predicted molar refractivity (Wildman–Crippen MR) is 110 cm³/mol. The van der Waals surface area contributed by atoms with E-state index >= 15 is 0 Å². The van der Waals surface area contributed by atoms with Crippen molar-refractivity contribution >= 4 is 23.5 Å². The number of aromatic nitrogens is 1. The van der Waals surface area contributed by atoms with Gasteiger partial charge in [-0.15, -0.1) is 0 Å². The fourth-order valence-corrected chi connectivity index (χ4v) is 4.16. The summed E-state index contributed by atoms with van der Waals surface area (Å²) in [6.45, 7) is 5.81. The van der Waals surface area contributed by atoms with Gasteiger partial charge in [-0.3, -0.25) is 0 Å². The maximum Gasteiger partial charge on any atom is 0.407 e. The van der Waals surface area contributed by atoms with E-state index in [0.29, 0.717) is 18.8 Å². The number of hydrogen-bond donors (Lipinski definition) is 2. The summed E-state index contributed by atoms with van der Waals surface area (Å²) in [4.78, 5) is 30.0. The first-order valence-corrected chi connectivity index (χ1v) is 9.43. The summed E-state index contributed by atoms with van der Waals surface area (Å²) in [5.74, 6) is 0.477. The zero-order chi connectivity index (χ0) is 20.6. The lowest BCUT2D eigenvalue weighted by atomic mass is 9.86. The van der Waals surface area contributed by atoms with Crippen LogP contribution in [-0.2, 0) is 4.79 Å². The van der Waals surface area contributed by atoms with E-state index in [-0.39, 0.29) is 22.5 Å². The molecule has 2 heterocycles. The predicted octanol–water partition coefficient (Wildman–Crippen LogP) is 3.65. The number of carbonyl (C=O) groups excluding carboxylic acids is 1. The van der Waals surface area contributed by atoms with Gasteiger partial charge >= 0.3 is 12.0 Å². The number of nitrogens with zero attached hydrogens (tertiary/aromatic N) is 3. The molecule has 0 radical (unpaired) electrons. The summed E-state index contributed by atoms with van der Waals surface area (Å²) >= 11 is 0. The van der Waals surface area contributed by atoms with Crippen LogP contribution in [-0.4, -0.2) is 46.6 Å². The van der Waals surface area contributed by atoms with E-state index in [1.54, 1.807) is 19.2 Å². The van der Waals surface area contributed by atoms with E-state index in [1.807, 2.05) is 45.2 Å². The third kappa shape index (κ3) is 3.11. The van der Waals surface area contributed by atoms with Crippen LogP contribution in [0.2, 0.25) is 0 Å². The number of carboxylic acid groups (broad SMARTS) is 1. The molecule has 0 aliphatic carbocycles. The Morgan fingerprint density at radius 3 is 2.50 bits per heavy atom. The largest absolute Gasteiger partial charge is 0.465 e. The molecule has 2 aromatic rings. The average Bonchev–Trinajstić information content (AvgIpc) is 2.66. The number of hydrogen-bond acceptors (Lipinski definition) is 4. The van der Waals surface area contributed by atoms with Crippen molar-refractivity contribution in [1.82, 2.24) is 14.4 Å². The molecule has 1 aromatic carbocycles. The van der Waals surface area contributed by atoms with E-state index in [4.69, 9.17) is 5.73 Å². The van der Waals surface area contributed by atoms with E-state index in [2.05, 4.69) is 4.98 Å². The van der Waals surface area contributed by atoms with Crippen LogP contribution in [0.1, 0.15) is 38.8 Å². The Bertz CT molecular complexity index is 912. The van der Waals surface area contributed by atoms with Crippen LogP contribution in [0.25, 0.3) is 11.1 Å². The van der Waals surface area contributed by atoms with Crippen LogP contribution in [0.5, 0.6) is 0 Å². The van der Waals surface area contributed by atoms with Crippen molar-refractivity contribution in [2.45, 2.75) is 39.3 Å². The third-order valence-electron chi connectivity index (χ3n) is 6.07. The zero-order valence-electron chi connectivity index (χ0n) is 16.7. The lowest BCUT2D eigenvalue weighted by Crippen LogP contribution is -2.60. The van der Waals surface area contributed by atoms with Crippen molar-refractivity contribution in [1.29, 1.82) is 0 Å². The molecule has 1 aromatic heterocycles. The smallest absolute Gasteiger partial charge is 0.407 e. The molecule has 1 aliphatic rings. The molecule has 2 amide bonds. The monoisotopic (exact) mass is 383 g/mol. The highest BCUT2D eigenvalue weighted by atomic mass is 16.4. The number of amides is 2. The lowest BCUT2D eigenvalue weighted by Gasteiger charge is -2.45. The molecule has 3 N–H and O–H groups in total. The lowest BCUT2D eigenvalue weighted by molar-refractivity contribution is -0.129. The summed E-state index contributed by atoms with van der Waals surface area (Å²) < 4.78 is 0.156. The number of benzene rings is 1. The molecular formula is C21H27N4O3+. The van der Waals surface area contributed by atoms with Gasteiger partial charge in [0.05, 0.1) is 26.1 Å². The fourth-order valence-electron chi connectivity index (χ4n) is 4.16. The highest BCUT2D eigenvalue weighted by molar-refractivity contribution is 5.89. The zero-order valence-corrected chi connectivity index (χ0v) is 16.7. The Hall–Kier alpha value is -2.93. The van der Waals surface area contributed by atoms with Crippen LogP contribution < -0.4 is 10.2 Å². The quantitative estimate of drug-likeness (QED) is 0.789. The van der Waals surface area contributed by atoms with Gasteiger partial charge in [-0.25, -0.2) is 19.1 Å². The van der Waals surface area contributed by atoms with Crippen LogP contribution >= 0.6 is 0 Å². The summed E-state index contributed by atoms with van der Waals surface area (Å²) in [5.41, 5.74) is 9.22. The topological polar surface area (TPSA) is 96.5 Å². The van der Waals surface area contributed by atoms with Gasteiger partial charge in [-0.2, -0.15) is 0 Å². The molecule has 1 unspecified atom stereocenters. The Morgan fingerprint density at radius 2 is 1.96 bits per heavy atom. The summed E-state index contributed by atoms with van der Waals surface area (Å²) in [6.07, 6.45) is 1.32. The fraction of sp³-hybridized carbons (Fsp3) is 0.381. The minimum atomic E-state index is -0.955. The standard InChI is InChI=1S/C21H26N4O3/c1-5-24(21(27)28)18-10-13(2)25(4,14(3)26)19-8-6-15(11-17(18)19)16-7-9-20(22)23-12-16/h6-9,11-13,18H,5,10H2,1-4H3,(H2-,22,23,27,28)/p+1/t13-,18?,25+/m0/s1. The van der Waals surface area contributed by atoms with E-state index in [0.717, 1.165) is 22.4 Å². The molecule has 1 aliphatic heterocycles. The number of nitrogens with two attached hydrogens (primary N) is 1. The Labute approximate surface area is 165 Å². The van der Waals surface area contributed by atoms with Gasteiger partial charge in [-0.05, 0) is 43.7 Å². The Balaban J connectivity index is 2.21. The first-order chi connectivity index (χ1) is 13.2. The van der Waals surface area contributed by atoms with Gasteiger partial charge in [0.2, 0.25) is 0 Å². The second-order valence-electron chi connectivity index (χ2n) is 7.51. The molecule has 0 spiro atoms. The molecule has 7 heteroatoms. The molecule has 0 fully saturated rings. The van der Waals surface area contributed by atoms with Gasteiger partial charge in [0, 0.05) is 36.4 Å². The SMILES string of the molecule is CCN(C(=O)O)C1C[C@H](C)[N@+](C)(C(C)=O)c2ccc(-c3ccc(N)nc3)cc21. The van der Waals surface area contributed by atoms with Crippen molar-refractivity contribution in [2.75, 3.05) is 19.3 Å². The molecule has 148 valence electrons. The van der Waals surface area contributed by atoms with Crippen LogP contribution in [0, 0.1) is 0 Å². The normalized spacial score (nSPS) is 23.7. The van der Waals surface area contributed by atoms with E-state index in [1.165, 1.54) is 4.90 Å².